The Kier molecular flexibility index (Phi) is 5.33. The Morgan fingerprint density at radius 2 is 2.14 bits per heavy atom. The van der Waals surface area contributed by atoms with Gasteiger partial charge in [0.05, 0.1) is 30.0 Å². The summed E-state index contributed by atoms with van der Waals surface area (Å²) in [5.74, 6) is 0.735. The van der Waals surface area contributed by atoms with E-state index in [1.807, 2.05) is 50.2 Å². The van der Waals surface area contributed by atoms with Gasteiger partial charge in [0.15, 0.2) is 5.13 Å². The minimum Gasteiger partial charge on any atom is -0.497 e. The maximum absolute atomic E-state index is 13.5. The molecule has 0 saturated carbocycles. The second-order valence-corrected chi connectivity index (χ2v) is 8.21. The second kappa shape index (κ2) is 7.89. The smallest absolute Gasteiger partial charge is 0.260 e. The normalized spacial score (nSPS) is 16.5. The molecule has 0 aliphatic carbocycles. The van der Waals surface area contributed by atoms with E-state index in [2.05, 4.69) is 0 Å². The number of thiazole rings is 1. The number of hydrogen-bond donors (Lipinski definition) is 0. The van der Waals surface area contributed by atoms with Gasteiger partial charge in [-0.1, -0.05) is 29.0 Å². The van der Waals surface area contributed by atoms with Gasteiger partial charge in [0.2, 0.25) is 0 Å². The van der Waals surface area contributed by atoms with Gasteiger partial charge in [-0.25, -0.2) is 4.98 Å². The predicted molar refractivity (Wildman–Crippen MR) is 113 cm³/mol. The molecule has 28 heavy (non-hydrogen) atoms. The minimum atomic E-state index is -0.0253. The van der Waals surface area contributed by atoms with Crippen LogP contribution in [-0.4, -0.2) is 37.3 Å². The molecule has 0 radical (unpaired) electrons. The molecule has 5 nitrogen and oxygen atoms in total. The molecule has 3 aromatic rings. The highest BCUT2D eigenvalue weighted by atomic mass is 32.1. The third-order valence-electron chi connectivity index (χ3n) is 5.09. The zero-order valence-corrected chi connectivity index (χ0v) is 17.2. The van der Waals surface area contributed by atoms with Gasteiger partial charge in [0, 0.05) is 18.2 Å². The predicted octanol–water partition coefficient (Wildman–Crippen LogP) is 4.75. The van der Waals surface area contributed by atoms with Crippen LogP contribution in [0.2, 0.25) is 0 Å². The Labute approximate surface area is 168 Å². The van der Waals surface area contributed by atoms with Gasteiger partial charge < -0.3 is 9.47 Å². The number of carbonyl (C=O) groups is 1. The first-order chi connectivity index (χ1) is 13.5. The summed E-state index contributed by atoms with van der Waals surface area (Å²) in [6, 6.07) is 11.8. The van der Waals surface area contributed by atoms with Crippen molar-refractivity contribution in [2.24, 2.45) is 0 Å². The summed E-state index contributed by atoms with van der Waals surface area (Å²) in [6.07, 6.45) is 2.05. The summed E-state index contributed by atoms with van der Waals surface area (Å²) in [5, 5.41) is 0.699. The summed E-state index contributed by atoms with van der Waals surface area (Å²) in [6.45, 7) is 5.25. The maximum Gasteiger partial charge on any atom is 0.260 e. The van der Waals surface area contributed by atoms with Crippen molar-refractivity contribution in [3.63, 3.8) is 0 Å². The molecule has 6 heteroatoms. The fraction of sp³-hybridized carbons (Fsp3) is 0.364. The van der Waals surface area contributed by atoms with E-state index in [1.165, 1.54) is 11.3 Å². The van der Waals surface area contributed by atoms with Crippen molar-refractivity contribution >= 4 is 32.6 Å². The highest BCUT2D eigenvalue weighted by Crippen LogP contribution is 2.33. The molecule has 0 N–H and O–H groups in total. The van der Waals surface area contributed by atoms with Crippen molar-refractivity contribution in [1.82, 2.24) is 4.98 Å². The van der Waals surface area contributed by atoms with Crippen LogP contribution in [0.1, 0.15) is 34.3 Å². The van der Waals surface area contributed by atoms with Gasteiger partial charge in [-0.3, -0.25) is 9.69 Å². The standard InChI is InChI=1S/C22H24N2O3S/c1-14-6-7-15(2)18(11-14)21(25)24(13-17-5-4-10-27-17)22-23-19-12-16(26-3)8-9-20(19)28-22/h6-9,11-12,17H,4-5,10,13H2,1-3H3. The zero-order valence-electron chi connectivity index (χ0n) is 16.4. The van der Waals surface area contributed by atoms with Gasteiger partial charge in [-0.05, 0) is 50.5 Å². The number of aryl methyl sites for hydroxylation is 2. The molecule has 2 heterocycles. The third-order valence-corrected chi connectivity index (χ3v) is 6.15. The van der Waals surface area contributed by atoms with Gasteiger partial charge in [0.25, 0.3) is 5.91 Å². The zero-order chi connectivity index (χ0) is 19.7. The number of nitrogens with zero attached hydrogens (tertiary/aromatic N) is 2. The minimum absolute atomic E-state index is 0.0253. The van der Waals surface area contributed by atoms with Crippen LogP contribution in [0, 0.1) is 13.8 Å². The molecule has 4 rings (SSSR count). The van der Waals surface area contributed by atoms with Crippen molar-refractivity contribution in [2.75, 3.05) is 25.2 Å². The Morgan fingerprint density at radius 1 is 1.29 bits per heavy atom. The van der Waals surface area contributed by atoms with Crippen LogP contribution < -0.4 is 9.64 Å². The molecule has 146 valence electrons. The molecular weight excluding hydrogens is 372 g/mol. The molecule has 0 bridgehead atoms. The summed E-state index contributed by atoms with van der Waals surface area (Å²) in [7, 11) is 1.64. The van der Waals surface area contributed by atoms with Gasteiger partial charge in [-0.15, -0.1) is 0 Å². The maximum atomic E-state index is 13.5. The van der Waals surface area contributed by atoms with Crippen LogP contribution in [0.3, 0.4) is 0 Å². The molecular formula is C22H24N2O3S. The van der Waals surface area contributed by atoms with E-state index in [-0.39, 0.29) is 12.0 Å². The lowest BCUT2D eigenvalue weighted by molar-refractivity contribution is 0.0917. The largest absolute Gasteiger partial charge is 0.497 e. The molecule has 1 atom stereocenters. The molecule has 1 unspecified atom stereocenters. The lowest BCUT2D eigenvalue weighted by Crippen LogP contribution is -2.37. The van der Waals surface area contributed by atoms with E-state index < -0.39 is 0 Å². The SMILES string of the molecule is COc1ccc2sc(N(CC3CCCO3)C(=O)c3cc(C)ccc3C)nc2c1. The van der Waals surface area contributed by atoms with Gasteiger partial charge in [0.1, 0.15) is 5.75 Å². The highest BCUT2D eigenvalue weighted by Gasteiger charge is 2.28. The van der Waals surface area contributed by atoms with Crippen molar-refractivity contribution in [3.8, 4) is 5.75 Å². The van der Waals surface area contributed by atoms with Crippen LogP contribution in [0.15, 0.2) is 36.4 Å². The average Bonchev–Trinajstić information content (AvgIpc) is 3.36. The Balaban J connectivity index is 1.74. The van der Waals surface area contributed by atoms with Crippen molar-refractivity contribution < 1.29 is 14.3 Å². The number of hydrogen-bond acceptors (Lipinski definition) is 5. The van der Waals surface area contributed by atoms with E-state index in [9.17, 15) is 4.79 Å². The number of anilines is 1. The second-order valence-electron chi connectivity index (χ2n) is 7.20. The first-order valence-corrected chi connectivity index (χ1v) is 10.3. The lowest BCUT2D eigenvalue weighted by Gasteiger charge is -2.24. The van der Waals surface area contributed by atoms with Crippen LogP contribution >= 0.6 is 11.3 Å². The molecule has 1 amide bonds. The van der Waals surface area contributed by atoms with Gasteiger partial charge >= 0.3 is 0 Å². The summed E-state index contributed by atoms with van der Waals surface area (Å²) >= 11 is 1.52. The molecule has 1 aliphatic heterocycles. The fourth-order valence-corrected chi connectivity index (χ4v) is 4.44. The molecule has 1 fully saturated rings. The Morgan fingerprint density at radius 3 is 2.89 bits per heavy atom. The van der Waals surface area contributed by atoms with Crippen LogP contribution in [0.5, 0.6) is 5.75 Å². The third kappa shape index (κ3) is 3.75. The number of fused-ring (bicyclic) bond motifs is 1. The number of carbonyl (C=O) groups excluding carboxylic acids is 1. The molecule has 1 aromatic heterocycles. The number of amides is 1. The van der Waals surface area contributed by atoms with E-state index in [1.54, 1.807) is 12.0 Å². The van der Waals surface area contributed by atoms with Crippen molar-refractivity contribution in [3.05, 3.63) is 53.1 Å². The lowest BCUT2D eigenvalue weighted by atomic mass is 10.0. The van der Waals surface area contributed by atoms with Crippen molar-refractivity contribution in [1.29, 1.82) is 0 Å². The van der Waals surface area contributed by atoms with E-state index in [4.69, 9.17) is 14.5 Å². The van der Waals surface area contributed by atoms with E-state index in [0.717, 1.165) is 52.1 Å². The van der Waals surface area contributed by atoms with E-state index in [0.29, 0.717) is 11.7 Å². The van der Waals surface area contributed by atoms with Crippen LogP contribution in [0.4, 0.5) is 5.13 Å². The molecule has 1 saturated heterocycles. The summed E-state index contributed by atoms with van der Waals surface area (Å²) < 4.78 is 12.2. The number of benzene rings is 2. The van der Waals surface area contributed by atoms with E-state index >= 15 is 0 Å². The average molecular weight is 397 g/mol. The molecule has 2 aromatic carbocycles. The monoisotopic (exact) mass is 396 g/mol. The Bertz CT molecular complexity index is 1010. The first-order valence-electron chi connectivity index (χ1n) is 9.50. The number of rotatable bonds is 5. The topological polar surface area (TPSA) is 51.7 Å². The number of ether oxygens (including phenoxy) is 2. The highest BCUT2D eigenvalue weighted by molar-refractivity contribution is 7.22. The number of aromatic nitrogens is 1. The number of methoxy groups -OCH3 is 1. The van der Waals surface area contributed by atoms with Crippen LogP contribution in [-0.2, 0) is 4.74 Å². The van der Waals surface area contributed by atoms with Crippen LogP contribution in [0.25, 0.3) is 10.2 Å². The summed E-state index contributed by atoms with van der Waals surface area (Å²) in [4.78, 5) is 20.1. The first kappa shape index (κ1) is 18.9. The molecule has 0 spiro atoms. The Hall–Kier alpha value is -2.44. The quantitative estimate of drug-likeness (QED) is 0.625. The fourth-order valence-electron chi connectivity index (χ4n) is 3.49. The van der Waals surface area contributed by atoms with Crippen molar-refractivity contribution in [2.45, 2.75) is 32.8 Å². The van der Waals surface area contributed by atoms with Gasteiger partial charge in [-0.2, -0.15) is 0 Å². The molecule has 1 aliphatic rings. The summed E-state index contributed by atoms with van der Waals surface area (Å²) in [5.41, 5.74) is 3.59.